The predicted molar refractivity (Wildman–Crippen MR) is 72.6 cm³/mol. The third kappa shape index (κ3) is 2.03. The van der Waals surface area contributed by atoms with Crippen LogP contribution in [0.3, 0.4) is 0 Å². The van der Waals surface area contributed by atoms with Crippen molar-refractivity contribution in [2.45, 2.75) is 46.5 Å². The van der Waals surface area contributed by atoms with E-state index in [1.807, 2.05) is 6.92 Å². The van der Waals surface area contributed by atoms with Gasteiger partial charge in [0.05, 0.1) is 0 Å². The fourth-order valence-corrected chi connectivity index (χ4v) is 4.11. The summed E-state index contributed by atoms with van der Waals surface area (Å²) in [7, 11) is 0. The van der Waals surface area contributed by atoms with Crippen LogP contribution in [0.5, 0.6) is 0 Å². The second kappa shape index (κ2) is 4.96. The average molecular weight is 271 g/mol. The molecule has 0 aromatic carbocycles. The van der Waals surface area contributed by atoms with Gasteiger partial charge in [0.15, 0.2) is 0 Å². The number of carbonyl (C=O) groups excluding carboxylic acids is 2. The van der Waals surface area contributed by atoms with Crippen molar-refractivity contribution in [2.75, 3.05) is 5.88 Å². The lowest BCUT2D eigenvalue weighted by Gasteiger charge is -2.50. The van der Waals surface area contributed by atoms with Crippen molar-refractivity contribution in [1.29, 1.82) is 0 Å². The highest BCUT2D eigenvalue weighted by atomic mass is 35.5. The number of halogens is 1. The molecule has 2 fully saturated rings. The Morgan fingerprint density at radius 3 is 2.61 bits per heavy atom. The van der Waals surface area contributed by atoms with Crippen molar-refractivity contribution in [3.05, 3.63) is 0 Å². The van der Waals surface area contributed by atoms with Crippen LogP contribution in [0.15, 0.2) is 0 Å². The normalized spacial score (nSPS) is 42.6. The number of ketones is 2. The third-order valence-corrected chi connectivity index (χ3v) is 6.02. The number of alkyl halides is 1. The van der Waals surface area contributed by atoms with Crippen molar-refractivity contribution in [3.8, 4) is 0 Å². The molecular weight excluding hydrogens is 248 g/mol. The third-order valence-electron chi connectivity index (χ3n) is 5.54. The van der Waals surface area contributed by atoms with Crippen molar-refractivity contribution in [3.63, 3.8) is 0 Å². The number of fused-ring (bicyclic) bond motifs is 1. The fraction of sp³-hybridized carbons (Fsp3) is 0.867. The molecule has 0 aromatic rings. The maximum Gasteiger partial charge on any atom is 0.202 e. The van der Waals surface area contributed by atoms with Crippen LogP contribution >= 0.6 is 11.6 Å². The summed E-state index contributed by atoms with van der Waals surface area (Å²) in [5.41, 5.74) is 0.00816. The predicted octanol–water partition coefficient (Wildman–Crippen LogP) is 3.46. The molecule has 0 N–H and O–H groups in total. The molecule has 2 aliphatic rings. The summed E-state index contributed by atoms with van der Waals surface area (Å²) in [4.78, 5) is 24.6. The molecule has 0 aromatic heterocycles. The highest BCUT2D eigenvalue weighted by molar-refractivity contribution is 6.39. The molecule has 102 valence electrons. The lowest BCUT2D eigenvalue weighted by Crippen LogP contribution is -2.53. The van der Waals surface area contributed by atoms with Gasteiger partial charge < -0.3 is 0 Å². The van der Waals surface area contributed by atoms with Crippen LogP contribution in [0.2, 0.25) is 0 Å². The zero-order chi connectivity index (χ0) is 13.5. The van der Waals surface area contributed by atoms with E-state index in [1.54, 1.807) is 0 Å². The minimum absolute atomic E-state index is 0.00816. The minimum atomic E-state index is -0.156. The summed E-state index contributed by atoms with van der Waals surface area (Å²) in [6.45, 7) is 6.43. The zero-order valence-corrected chi connectivity index (χ0v) is 12.3. The van der Waals surface area contributed by atoms with Gasteiger partial charge in [0.25, 0.3) is 0 Å². The Morgan fingerprint density at radius 1 is 1.33 bits per heavy atom. The Kier molecular flexibility index (Phi) is 3.87. The van der Waals surface area contributed by atoms with E-state index in [0.717, 1.165) is 19.3 Å². The molecule has 0 saturated heterocycles. The van der Waals surface area contributed by atoms with Gasteiger partial charge in [-0.3, -0.25) is 9.59 Å². The summed E-state index contributed by atoms with van der Waals surface area (Å²) in [6.07, 6.45) is 4.00. The first-order valence-corrected chi connectivity index (χ1v) is 7.59. The van der Waals surface area contributed by atoms with E-state index in [-0.39, 0.29) is 34.7 Å². The molecule has 0 radical (unpaired) electrons. The van der Waals surface area contributed by atoms with Gasteiger partial charge in [-0.1, -0.05) is 33.6 Å². The first kappa shape index (κ1) is 14.0. The second-order valence-corrected chi connectivity index (χ2v) is 6.87. The molecule has 2 aliphatic carbocycles. The summed E-state index contributed by atoms with van der Waals surface area (Å²) in [5.74, 6) is 0.633. The van der Waals surface area contributed by atoms with Gasteiger partial charge in [0.2, 0.25) is 11.6 Å². The highest BCUT2D eigenvalue weighted by Gasteiger charge is 2.54. The van der Waals surface area contributed by atoms with Crippen molar-refractivity contribution >= 4 is 23.2 Å². The van der Waals surface area contributed by atoms with E-state index in [9.17, 15) is 9.59 Å². The van der Waals surface area contributed by atoms with Gasteiger partial charge in [-0.25, -0.2) is 0 Å². The van der Waals surface area contributed by atoms with E-state index in [2.05, 4.69) is 13.8 Å². The van der Waals surface area contributed by atoms with Crippen LogP contribution in [0.4, 0.5) is 0 Å². The van der Waals surface area contributed by atoms with Crippen LogP contribution in [-0.4, -0.2) is 17.4 Å². The molecule has 2 nitrogen and oxygen atoms in total. The smallest absolute Gasteiger partial charge is 0.202 e. The van der Waals surface area contributed by atoms with Gasteiger partial charge in [-0.05, 0) is 30.1 Å². The van der Waals surface area contributed by atoms with Gasteiger partial charge >= 0.3 is 0 Å². The number of carbonyl (C=O) groups is 2. The summed E-state index contributed by atoms with van der Waals surface area (Å²) in [6, 6.07) is 0. The van der Waals surface area contributed by atoms with Crippen LogP contribution in [-0.2, 0) is 9.59 Å². The SMILES string of the molecule is CC(CCl)C1CC2(C)C(C)CCCC2C(=O)C1=O. The van der Waals surface area contributed by atoms with Crippen LogP contribution in [0.25, 0.3) is 0 Å². The largest absolute Gasteiger partial charge is 0.291 e. The van der Waals surface area contributed by atoms with Crippen molar-refractivity contribution in [2.24, 2.45) is 29.1 Å². The van der Waals surface area contributed by atoms with Crippen molar-refractivity contribution in [1.82, 2.24) is 0 Å². The molecule has 0 heterocycles. The Bertz CT molecular complexity index is 366. The standard InChI is InChI=1S/C15H23ClO2/c1-9(8-16)11-7-15(3)10(2)5-4-6-12(15)14(18)13(11)17/h9-12H,4-8H2,1-3H3. The Hall–Kier alpha value is -0.370. The molecule has 0 amide bonds. The average Bonchev–Trinajstić information content (AvgIpc) is 2.35. The van der Waals surface area contributed by atoms with Crippen LogP contribution < -0.4 is 0 Å². The molecule has 0 aliphatic heterocycles. The van der Waals surface area contributed by atoms with Gasteiger partial charge in [0.1, 0.15) is 0 Å². The van der Waals surface area contributed by atoms with Gasteiger partial charge in [-0.2, -0.15) is 0 Å². The molecule has 0 bridgehead atoms. The van der Waals surface area contributed by atoms with E-state index in [1.165, 1.54) is 6.42 Å². The highest BCUT2D eigenvalue weighted by Crippen LogP contribution is 2.53. The summed E-state index contributed by atoms with van der Waals surface area (Å²) < 4.78 is 0. The van der Waals surface area contributed by atoms with Crippen LogP contribution in [0, 0.1) is 29.1 Å². The Labute approximate surface area is 114 Å². The van der Waals surface area contributed by atoms with E-state index in [0.29, 0.717) is 11.8 Å². The lowest BCUT2D eigenvalue weighted by molar-refractivity contribution is -0.154. The summed E-state index contributed by atoms with van der Waals surface area (Å²) >= 11 is 5.89. The first-order chi connectivity index (χ1) is 8.41. The molecule has 5 atom stereocenters. The molecule has 2 rings (SSSR count). The van der Waals surface area contributed by atoms with E-state index in [4.69, 9.17) is 11.6 Å². The quantitative estimate of drug-likeness (QED) is 0.569. The van der Waals surface area contributed by atoms with Crippen LogP contribution in [0.1, 0.15) is 46.5 Å². The molecule has 2 saturated carbocycles. The minimum Gasteiger partial charge on any atom is -0.291 e. The molecular formula is C15H23ClO2. The number of hydrogen-bond acceptors (Lipinski definition) is 2. The number of hydrogen-bond donors (Lipinski definition) is 0. The molecule has 18 heavy (non-hydrogen) atoms. The number of Topliss-reactive ketones (excluding diaryl/α,β-unsaturated/α-hetero) is 2. The lowest BCUT2D eigenvalue weighted by atomic mass is 9.52. The maximum absolute atomic E-state index is 12.3. The second-order valence-electron chi connectivity index (χ2n) is 6.56. The monoisotopic (exact) mass is 270 g/mol. The van der Waals surface area contributed by atoms with E-state index < -0.39 is 0 Å². The summed E-state index contributed by atoms with van der Waals surface area (Å²) in [5, 5.41) is 0. The Morgan fingerprint density at radius 2 is 2.00 bits per heavy atom. The van der Waals surface area contributed by atoms with E-state index >= 15 is 0 Å². The first-order valence-electron chi connectivity index (χ1n) is 7.05. The molecule has 5 unspecified atom stereocenters. The van der Waals surface area contributed by atoms with Gasteiger partial charge in [0, 0.05) is 17.7 Å². The topological polar surface area (TPSA) is 34.1 Å². The zero-order valence-electron chi connectivity index (χ0n) is 11.5. The molecule has 0 spiro atoms. The van der Waals surface area contributed by atoms with Crippen molar-refractivity contribution < 1.29 is 9.59 Å². The molecule has 3 heteroatoms. The number of rotatable bonds is 2. The van der Waals surface area contributed by atoms with Gasteiger partial charge in [-0.15, -0.1) is 11.6 Å². The fourth-order valence-electron chi connectivity index (χ4n) is 3.89. The maximum atomic E-state index is 12.3. The Balaban J connectivity index is 2.32.